The van der Waals surface area contributed by atoms with Crippen molar-refractivity contribution in [2.75, 3.05) is 18.2 Å². The lowest BCUT2D eigenvalue weighted by Crippen LogP contribution is -2.40. The topological polar surface area (TPSA) is 70.1 Å². The fourth-order valence-electron chi connectivity index (χ4n) is 3.37. The van der Waals surface area contributed by atoms with E-state index in [0.29, 0.717) is 19.1 Å². The van der Waals surface area contributed by atoms with Gasteiger partial charge in [0.15, 0.2) is 0 Å². The molecule has 0 bridgehead atoms. The van der Waals surface area contributed by atoms with Crippen molar-refractivity contribution in [3.05, 3.63) is 24.8 Å². The largest absolute Gasteiger partial charge is 0.346 e. The molecular formula is C16H20N6O. The summed E-state index contributed by atoms with van der Waals surface area (Å²) < 4.78 is 2.09. The van der Waals surface area contributed by atoms with Gasteiger partial charge in [-0.25, -0.2) is 14.6 Å². The van der Waals surface area contributed by atoms with E-state index in [1.165, 1.54) is 0 Å². The van der Waals surface area contributed by atoms with E-state index in [2.05, 4.69) is 31.6 Å². The average molecular weight is 312 g/mol. The number of rotatable bonds is 3. The van der Waals surface area contributed by atoms with Crippen molar-refractivity contribution >= 4 is 28.0 Å². The van der Waals surface area contributed by atoms with Crippen LogP contribution in [0, 0.1) is 0 Å². The number of aromatic nitrogens is 4. The Morgan fingerprint density at radius 1 is 1.39 bits per heavy atom. The molecule has 1 atom stereocenters. The summed E-state index contributed by atoms with van der Waals surface area (Å²) in [4.78, 5) is 26.0. The highest BCUT2D eigenvalue weighted by Gasteiger charge is 2.32. The molecule has 23 heavy (non-hydrogen) atoms. The van der Waals surface area contributed by atoms with Crippen molar-refractivity contribution < 1.29 is 4.79 Å². The first-order valence-electron chi connectivity index (χ1n) is 8.06. The highest BCUT2D eigenvalue weighted by atomic mass is 16.2. The predicted molar refractivity (Wildman–Crippen MR) is 88.6 cm³/mol. The van der Waals surface area contributed by atoms with Crippen molar-refractivity contribution in [2.24, 2.45) is 0 Å². The van der Waals surface area contributed by atoms with Gasteiger partial charge in [-0.3, -0.25) is 9.80 Å². The van der Waals surface area contributed by atoms with Crippen LogP contribution in [0.5, 0.6) is 0 Å². The predicted octanol–water partition coefficient (Wildman–Crippen LogP) is 1.84. The summed E-state index contributed by atoms with van der Waals surface area (Å²) in [5.74, 6) is 0.198. The molecule has 0 aliphatic carbocycles. The van der Waals surface area contributed by atoms with Crippen molar-refractivity contribution in [1.29, 1.82) is 0 Å². The van der Waals surface area contributed by atoms with Gasteiger partial charge in [0.1, 0.15) is 29.7 Å². The molecule has 1 saturated heterocycles. The third kappa shape index (κ3) is 2.07. The van der Waals surface area contributed by atoms with Crippen molar-refractivity contribution in [1.82, 2.24) is 24.5 Å². The number of hydrogen-bond acceptors (Lipinski definition) is 4. The summed E-state index contributed by atoms with van der Waals surface area (Å²) in [6, 6.07) is 2.32. The number of nitrogens with zero attached hydrogens (tertiary/aromatic N) is 5. The van der Waals surface area contributed by atoms with Crippen LogP contribution in [0.3, 0.4) is 0 Å². The second kappa shape index (κ2) is 5.26. The molecule has 0 spiro atoms. The van der Waals surface area contributed by atoms with E-state index in [0.717, 1.165) is 35.0 Å². The second-order valence-electron chi connectivity index (χ2n) is 5.93. The molecule has 7 nitrogen and oxygen atoms in total. The number of nitrogens with one attached hydrogen (secondary N) is 1. The van der Waals surface area contributed by atoms with Crippen LogP contribution in [0.2, 0.25) is 0 Å². The van der Waals surface area contributed by atoms with Crippen molar-refractivity contribution in [3.63, 3.8) is 0 Å². The van der Waals surface area contributed by atoms with E-state index < -0.39 is 0 Å². The Hall–Kier alpha value is -2.57. The van der Waals surface area contributed by atoms with Crippen LogP contribution >= 0.6 is 0 Å². The first kappa shape index (κ1) is 14.0. The van der Waals surface area contributed by atoms with Crippen LogP contribution < -0.4 is 5.01 Å². The number of fused-ring (bicyclic) bond motifs is 3. The van der Waals surface area contributed by atoms with Crippen LogP contribution in [0.25, 0.3) is 22.1 Å². The van der Waals surface area contributed by atoms with Gasteiger partial charge >= 0.3 is 0 Å². The van der Waals surface area contributed by atoms with E-state index in [-0.39, 0.29) is 5.91 Å². The normalized spacial score (nSPS) is 18.4. The number of amides is 1. The number of carbonyl (C=O) groups is 1. The zero-order chi connectivity index (χ0) is 16.0. The van der Waals surface area contributed by atoms with E-state index >= 15 is 0 Å². The molecule has 3 aromatic rings. The number of pyridine rings is 1. The molecule has 0 aromatic carbocycles. The number of hydrogen-bond donors (Lipinski definition) is 1. The van der Waals surface area contributed by atoms with Crippen LogP contribution in [0.4, 0.5) is 0 Å². The van der Waals surface area contributed by atoms with Gasteiger partial charge in [0.05, 0.1) is 12.2 Å². The van der Waals surface area contributed by atoms with Crippen LogP contribution in [-0.2, 0) is 4.79 Å². The Bertz CT molecular complexity index is 866. The van der Waals surface area contributed by atoms with Gasteiger partial charge in [-0.1, -0.05) is 13.8 Å². The van der Waals surface area contributed by atoms with E-state index in [4.69, 9.17) is 0 Å². The molecule has 1 N–H and O–H groups in total. The quantitative estimate of drug-likeness (QED) is 0.801. The number of H-pyrrole nitrogens is 1. The Morgan fingerprint density at radius 3 is 3.04 bits per heavy atom. The molecule has 1 unspecified atom stereocenters. The zero-order valence-corrected chi connectivity index (χ0v) is 13.4. The average Bonchev–Trinajstić information content (AvgIpc) is 3.28. The molecule has 0 radical (unpaired) electrons. The fraction of sp³-hybridized carbons (Fsp3) is 0.438. The molecular weight excluding hydrogens is 292 g/mol. The highest BCUT2D eigenvalue weighted by Crippen LogP contribution is 2.25. The summed E-state index contributed by atoms with van der Waals surface area (Å²) in [7, 11) is 0. The maximum atomic E-state index is 12.1. The van der Waals surface area contributed by atoms with Gasteiger partial charge in [0.2, 0.25) is 5.91 Å². The van der Waals surface area contributed by atoms with E-state index in [9.17, 15) is 4.79 Å². The molecule has 1 fully saturated rings. The highest BCUT2D eigenvalue weighted by molar-refractivity contribution is 6.01. The molecule has 1 aliphatic heterocycles. The number of aromatic amines is 1. The Balaban J connectivity index is 1.81. The molecule has 0 saturated carbocycles. The molecule has 1 amide bonds. The third-order valence-electron chi connectivity index (χ3n) is 4.65. The van der Waals surface area contributed by atoms with Gasteiger partial charge in [-0.05, 0) is 12.5 Å². The number of carbonyl (C=O) groups excluding carboxylic acids is 1. The van der Waals surface area contributed by atoms with Crippen molar-refractivity contribution in [2.45, 2.75) is 32.7 Å². The first-order valence-corrected chi connectivity index (χ1v) is 8.06. The maximum Gasteiger partial charge on any atom is 0.223 e. The third-order valence-corrected chi connectivity index (χ3v) is 4.65. The van der Waals surface area contributed by atoms with Gasteiger partial charge < -0.3 is 9.88 Å². The minimum absolute atomic E-state index is 0.198. The summed E-state index contributed by atoms with van der Waals surface area (Å²) in [6.07, 6.45) is 7.04. The van der Waals surface area contributed by atoms with Crippen LogP contribution in [0.1, 0.15) is 26.7 Å². The summed E-state index contributed by atoms with van der Waals surface area (Å²) >= 11 is 0. The molecule has 1 aliphatic rings. The Morgan fingerprint density at radius 2 is 2.26 bits per heavy atom. The summed E-state index contributed by atoms with van der Waals surface area (Å²) in [5, 5.41) is 3.28. The van der Waals surface area contributed by atoms with Gasteiger partial charge in [0, 0.05) is 24.5 Å². The Kier molecular flexibility index (Phi) is 3.21. The first-order chi connectivity index (χ1) is 11.2. The molecule has 4 heterocycles. The smallest absolute Gasteiger partial charge is 0.223 e. The maximum absolute atomic E-state index is 12.1. The van der Waals surface area contributed by atoms with E-state index in [1.54, 1.807) is 6.20 Å². The van der Waals surface area contributed by atoms with Gasteiger partial charge in [-0.2, -0.15) is 0 Å². The monoisotopic (exact) mass is 312 g/mol. The minimum atomic E-state index is 0.198. The second-order valence-corrected chi connectivity index (χ2v) is 5.93. The van der Waals surface area contributed by atoms with Crippen LogP contribution in [0.15, 0.2) is 24.8 Å². The molecule has 120 valence electrons. The lowest BCUT2D eigenvalue weighted by molar-refractivity contribution is -0.129. The number of imidazole rings is 1. The van der Waals surface area contributed by atoms with Gasteiger partial charge in [0.25, 0.3) is 0 Å². The Labute approximate surface area is 133 Å². The fourth-order valence-corrected chi connectivity index (χ4v) is 3.37. The zero-order valence-electron chi connectivity index (χ0n) is 13.4. The lowest BCUT2D eigenvalue weighted by atomic mass is 10.2. The van der Waals surface area contributed by atoms with Gasteiger partial charge in [-0.15, -0.1) is 0 Å². The summed E-state index contributed by atoms with van der Waals surface area (Å²) in [6.45, 7) is 5.44. The van der Waals surface area contributed by atoms with E-state index in [1.807, 2.05) is 30.4 Å². The molecule has 4 rings (SSSR count). The summed E-state index contributed by atoms with van der Waals surface area (Å²) in [5.41, 5.74) is 2.76. The standard InChI is InChI=1S/C16H20N6O/c1-3-11-8-20(14(23)4-2)10-22(11)21-9-19-13-7-18-16-12(15(13)21)5-6-17-16/h5-7,9,11H,3-4,8,10H2,1-2H3,(H,17,18). The van der Waals surface area contributed by atoms with Crippen molar-refractivity contribution in [3.8, 4) is 0 Å². The van der Waals surface area contributed by atoms with Crippen LogP contribution in [-0.4, -0.2) is 49.7 Å². The minimum Gasteiger partial charge on any atom is -0.346 e. The molecule has 3 aromatic heterocycles. The SMILES string of the molecule is CCC(=O)N1CC(CC)N(n2cnc3cnc4[nH]ccc4c32)C1. The molecule has 7 heteroatoms. The lowest BCUT2D eigenvalue weighted by Gasteiger charge is -2.26.